The van der Waals surface area contributed by atoms with Gasteiger partial charge in [0.2, 0.25) is 0 Å². The highest BCUT2D eigenvalue weighted by Crippen LogP contribution is 2.47. The molecule has 9 heteroatoms. The SMILES string of the molecule is CCCCCCC(CCCCCC)N1C(=O)c2ccc3c4ccc5c6c(ccc(c7ccc(c2c37)C1=O)c64)C(=O)N(c1cccc(N2C(=O)c3cccc4cccc(c34)C2=O)c1)C5=O. The molecule has 0 saturated heterocycles. The third kappa shape index (κ3) is 5.69. The van der Waals surface area contributed by atoms with Crippen molar-refractivity contribution in [2.24, 2.45) is 0 Å². The third-order valence-electron chi connectivity index (χ3n) is 13.9. The molecule has 0 N–H and O–H groups in total. The van der Waals surface area contributed by atoms with Gasteiger partial charge in [0.15, 0.2) is 0 Å². The van der Waals surface area contributed by atoms with E-state index >= 15 is 0 Å². The van der Waals surface area contributed by atoms with Crippen molar-refractivity contribution in [2.45, 2.75) is 84.1 Å². The summed E-state index contributed by atoms with van der Waals surface area (Å²) < 4.78 is 0. The van der Waals surface area contributed by atoms with E-state index in [1.807, 2.05) is 48.5 Å². The maximum absolute atomic E-state index is 14.7. The summed E-state index contributed by atoms with van der Waals surface area (Å²) in [4.78, 5) is 90.1. The quantitative estimate of drug-likeness (QED) is 0.0494. The smallest absolute Gasteiger partial charge is 0.265 e. The molecule has 0 saturated carbocycles. The molecule has 0 bridgehead atoms. The molecule has 9 nitrogen and oxygen atoms in total. The number of fused-ring (bicyclic) bond motifs is 2. The Labute approximate surface area is 369 Å². The van der Waals surface area contributed by atoms with Gasteiger partial charge in [0, 0.05) is 55.6 Å². The molecule has 0 aromatic heterocycles. The minimum Gasteiger partial charge on any atom is -0.271 e. The molecule has 0 spiro atoms. The summed E-state index contributed by atoms with van der Waals surface area (Å²) in [5.41, 5.74) is 2.98. The molecule has 6 amide bonds. The van der Waals surface area contributed by atoms with Gasteiger partial charge < -0.3 is 0 Å². The Kier molecular flexibility index (Phi) is 9.42. The van der Waals surface area contributed by atoms with E-state index in [1.165, 1.54) is 6.07 Å². The summed E-state index contributed by atoms with van der Waals surface area (Å²) in [7, 11) is 0. The van der Waals surface area contributed by atoms with Crippen molar-refractivity contribution in [1.82, 2.24) is 4.90 Å². The van der Waals surface area contributed by atoms with Crippen LogP contribution < -0.4 is 9.80 Å². The van der Waals surface area contributed by atoms with Gasteiger partial charge in [-0.25, -0.2) is 9.80 Å². The second-order valence-electron chi connectivity index (χ2n) is 17.6. The van der Waals surface area contributed by atoms with Crippen LogP contribution in [0.15, 0.2) is 109 Å². The lowest BCUT2D eigenvalue weighted by Crippen LogP contribution is -2.47. The molecule has 8 aromatic carbocycles. The summed E-state index contributed by atoms with van der Waals surface area (Å²) in [6.07, 6.45) is 10.2. The molecule has 3 aliphatic heterocycles. The Morgan fingerprint density at radius 3 is 1.16 bits per heavy atom. The van der Waals surface area contributed by atoms with Crippen LogP contribution in [0.4, 0.5) is 11.4 Å². The van der Waals surface area contributed by atoms with Crippen molar-refractivity contribution in [3.05, 3.63) is 143 Å². The Morgan fingerprint density at radius 2 is 0.750 bits per heavy atom. The number of carbonyl (C=O) groups is 6. The molecule has 8 aromatic rings. The van der Waals surface area contributed by atoms with Crippen molar-refractivity contribution in [1.29, 1.82) is 0 Å². The Morgan fingerprint density at radius 1 is 0.375 bits per heavy atom. The maximum Gasteiger partial charge on any atom is 0.265 e. The van der Waals surface area contributed by atoms with E-state index in [2.05, 4.69) is 13.8 Å². The van der Waals surface area contributed by atoms with Crippen LogP contribution >= 0.6 is 0 Å². The number of rotatable bonds is 13. The Bertz CT molecular complexity index is 3190. The zero-order valence-corrected chi connectivity index (χ0v) is 35.8. The maximum atomic E-state index is 14.7. The summed E-state index contributed by atoms with van der Waals surface area (Å²) in [6, 6.07) is 31.8. The molecule has 3 heterocycles. The topological polar surface area (TPSA) is 112 Å². The van der Waals surface area contributed by atoms with Gasteiger partial charge in [-0.2, -0.15) is 0 Å². The van der Waals surface area contributed by atoms with Crippen LogP contribution in [0.1, 0.15) is 140 Å². The summed E-state index contributed by atoms with van der Waals surface area (Å²) >= 11 is 0. The summed E-state index contributed by atoms with van der Waals surface area (Å²) in [6.45, 7) is 4.36. The molecule has 64 heavy (non-hydrogen) atoms. The fourth-order valence-electron chi connectivity index (χ4n) is 10.9. The van der Waals surface area contributed by atoms with E-state index < -0.39 is 23.6 Å². The average molecular weight is 844 g/mol. The number of imide groups is 3. The van der Waals surface area contributed by atoms with Gasteiger partial charge in [-0.05, 0) is 105 Å². The number of hydrogen-bond donors (Lipinski definition) is 0. The minimum atomic E-state index is -0.531. The zero-order chi connectivity index (χ0) is 44.0. The number of benzene rings is 8. The van der Waals surface area contributed by atoms with Gasteiger partial charge in [-0.3, -0.25) is 33.7 Å². The van der Waals surface area contributed by atoms with Crippen LogP contribution in [0.3, 0.4) is 0 Å². The summed E-state index contributed by atoms with van der Waals surface area (Å²) in [5, 5.41) is 7.45. The minimum absolute atomic E-state index is 0.166. The van der Waals surface area contributed by atoms with E-state index in [0.29, 0.717) is 49.5 Å². The predicted molar refractivity (Wildman–Crippen MR) is 252 cm³/mol. The standard InChI is InChI=1S/C55H45N3O6/c1-3-5-7-9-16-32(17-10-8-6-4-2)56-52(61)41-26-22-35-37-24-28-43-49-44(29-25-38(47(37)49)36-23-27-42(53(56)62)48(41)46(35)36)55(64)58(54(43)63)34-19-13-18-33(30-34)57-50(59)39-20-11-14-31-15-12-21-40(45(31)39)51(57)60/h11-15,18-30,32H,3-10,16-17H2,1-2H3. The predicted octanol–water partition coefficient (Wildman–Crippen LogP) is 12.4. The van der Waals surface area contributed by atoms with Crippen molar-refractivity contribution < 1.29 is 28.8 Å². The van der Waals surface area contributed by atoms with E-state index in [1.54, 1.807) is 59.5 Å². The molecule has 0 unspecified atom stereocenters. The lowest BCUT2D eigenvalue weighted by molar-refractivity contribution is 0.0516. The third-order valence-corrected chi connectivity index (χ3v) is 13.9. The van der Waals surface area contributed by atoms with Crippen LogP contribution in [0.25, 0.3) is 53.9 Å². The first-order valence-corrected chi connectivity index (χ1v) is 22.7. The highest BCUT2D eigenvalue weighted by atomic mass is 16.2. The molecule has 0 atom stereocenters. The molecular weight excluding hydrogens is 799 g/mol. The fraction of sp³-hybridized carbons (Fsp3) is 0.236. The second kappa shape index (κ2) is 15.2. The van der Waals surface area contributed by atoms with Gasteiger partial charge in [0.25, 0.3) is 35.4 Å². The molecule has 0 radical (unpaired) electrons. The van der Waals surface area contributed by atoms with E-state index in [9.17, 15) is 28.8 Å². The lowest BCUT2D eigenvalue weighted by Gasteiger charge is -2.35. The Balaban J connectivity index is 0.980. The number of unbranched alkanes of at least 4 members (excludes halogenated alkanes) is 6. The number of amides is 6. The molecule has 0 aliphatic carbocycles. The van der Waals surface area contributed by atoms with Gasteiger partial charge in [0.1, 0.15) is 0 Å². The normalized spacial score (nSPS) is 15.0. The highest BCUT2D eigenvalue weighted by Gasteiger charge is 2.40. The summed E-state index contributed by atoms with van der Waals surface area (Å²) in [5.74, 6) is -2.53. The van der Waals surface area contributed by atoms with Crippen LogP contribution in [0, 0.1) is 0 Å². The lowest BCUT2D eigenvalue weighted by atomic mass is 9.82. The van der Waals surface area contributed by atoms with Crippen LogP contribution in [-0.4, -0.2) is 46.4 Å². The van der Waals surface area contributed by atoms with Gasteiger partial charge >= 0.3 is 0 Å². The number of hydrogen-bond acceptors (Lipinski definition) is 6. The van der Waals surface area contributed by atoms with Crippen LogP contribution in [0.5, 0.6) is 0 Å². The number of nitrogens with zero attached hydrogens (tertiary/aromatic N) is 3. The van der Waals surface area contributed by atoms with Gasteiger partial charge in [-0.15, -0.1) is 0 Å². The van der Waals surface area contributed by atoms with Gasteiger partial charge in [-0.1, -0.05) is 120 Å². The molecule has 11 rings (SSSR count). The monoisotopic (exact) mass is 843 g/mol. The first-order valence-electron chi connectivity index (χ1n) is 22.7. The zero-order valence-electron chi connectivity index (χ0n) is 35.8. The first kappa shape index (κ1) is 39.6. The molecule has 316 valence electrons. The average Bonchev–Trinajstić information content (AvgIpc) is 3.31. The highest BCUT2D eigenvalue weighted by molar-refractivity contribution is 6.44. The van der Waals surface area contributed by atoms with E-state index in [4.69, 9.17) is 0 Å². The molecule has 0 fully saturated rings. The van der Waals surface area contributed by atoms with Crippen LogP contribution in [-0.2, 0) is 0 Å². The van der Waals surface area contributed by atoms with E-state index in [0.717, 1.165) is 112 Å². The molecule has 3 aliphatic rings. The second-order valence-corrected chi connectivity index (χ2v) is 17.6. The first-order chi connectivity index (χ1) is 31.2. The Hall–Kier alpha value is -7.26. The van der Waals surface area contributed by atoms with E-state index in [-0.39, 0.29) is 29.2 Å². The fourth-order valence-corrected chi connectivity index (χ4v) is 10.9. The largest absolute Gasteiger partial charge is 0.271 e. The molecular formula is C55H45N3O6. The van der Waals surface area contributed by atoms with Gasteiger partial charge in [0.05, 0.1) is 11.4 Å². The van der Waals surface area contributed by atoms with Crippen molar-refractivity contribution in [3.63, 3.8) is 0 Å². The number of anilines is 2. The van der Waals surface area contributed by atoms with Crippen molar-refractivity contribution in [3.8, 4) is 0 Å². The van der Waals surface area contributed by atoms with Crippen molar-refractivity contribution in [2.75, 3.05) is 9.80 Å². The van der Waals surface area contributed by atoms with Crippen molar-refractivity contribution >= 4 is 101 Å². The number of carbonyl (C=O) groups excluding carboxylic acids is 6. The van der Waals surface area contributed by atoms with Crippen LogP contribution in [0.2, 0.25) is 0 Å².